The van der Waals surface area contributed by atoms with E-state index in [-0.39, 0.29) is 34.6 Å². The topological polar surface area (TPSA) is 88.6 Å². The van der Waals surface area contributed by atoms with Gasteiger partial charge in [-0.1, -0.05) is 12.1 Å². The molecular weight excluding hydrogens is 447 g/mol. The lowest BCUT2D eigenvalue weighted by Gasteiger charge is -2.21. The number of benzene rings is 1. The molecule has 140 valence electrons. The summed E-state index contributed by atoms with van der Waals surface area (Å²) in [6, 6.07) is 6.57. The third-order valence-electron chi connectivity index (χ3n) is 4.49. The van der Waals surface area contributed by atoms with Crippen molar-refractivity contribution in [2.24, 2.45) is 12.0 Å². The van der Waals surface area contributed by atoms with Crippen molar-refractivity contribution in [3.05, 3.63) is 57.9 Å². The van der Waals surface area contributed by atoms with Crippen LogP contribution in [0.4, 0.5) is 5.69 Å². The molecule has 0 amide bonds. The van der Waals surface area contributed by atoms with Crippen LogP contribution in [-0.4, -0.2) is 45.7 Å². The average molecular weight is 470 g/mol. The second-order valence-electron chi connectivity index (χ2n) is 6.20. The number of nitro benzene ring substituents is 1. The van der Waals surface area contributed by atoms with Gasteiger partial charge in [0.25, 0.3) is 5.69 Å². The van der Waals surface area contributed by atoms with Crippen molar-refractivity contribution in [3.8, 4) is 0 Å². The minimum atomic E-state index is -0.390. The fourth-order valence-electron chi connectivity index (χ4n) is 3.12. The lowest BCUT2D eigenvalue weighted by Crippen LogP contribution is -2.39. The molecular formula is C17H23IN6O2. The Bertz CT molecular complexity index is 774. The first-order valence-corrected chi connectivity index (χ1v) is 8.24. The lowest BCUT2D eigenvalue weighted by atomic mass is 10.0. The Morgan fingerprint density at radius 3 is 2.73 bits per heavy atom. The molecule has 1 aliphatic heterocycles. The SMILES string of the molecule is CN=C(NCc1ccc([N+](=O)[O-])cc1)N1CCC(c2cnn(C)c2)C1.I. The van der Waals surface area contributed by atoms with Gasteiger partial charge >= 0.3 is 0 Å². The first-order chi connectivity index (χ1) is 12.1. The standard InChI is InChI=1S/C17H22N6O2.HI/c1-18-17(19-9-13-3-5-16(6-4-13)23(24)25)22-8-7-14(12-22)15-10-20-21(2)11-15;/h3-6,10-11,14H,7-9,12H2,1-2H3,(H,18,19);1H. The van der Waals surface area contributed by atoms with Gasteiger partial charge in [-0.25, -0.2) is 0 Å². The Kier molecular flexibility index (Phi) is 6.95. The number of nitrogens with zero attached hydrogens (tertiary/aromatic N) is 5. The quantitative estimate of drug-likeness (QED) is 0.244. The molecule has 1 aromatic heterocycles. The van der Waals surface area contributed by atoms with Gasteiger partial charge in [0, 0.05) is 58.0 Å². The molecule has 1 unspecified atom stereocenters. The highest BCUT2D eigenvalue weighted by Gasteiger charge is 2.26. The zero-order valence-electron chi connectivity index (χ0n) is 14.8. The summed E-state index contributed by atoms with van der Waals surface area (Å²) in [6.07, 6.45) is 5.08. The van der Waals surface area contributed by atoms with E-state index in [2.05, 4.69) is 26.5 Å². The molecule has 2 heterocycles. The predicted molar refractivity (Wildman–Crippen MR) is 111 cm³/mol. The molecule has 1 fully saturated rings. The monoisotopic (exact) mass is 470 g/mol. The Morgan fingerprint density at radius 2 is 2.15 bits per heavy atom. The normalized spacial score (nSPS) is 17.1. The van der Waals surface area contributed by atoms with Crippen LogP contribution in [0.3, 0.4) is 0 Å². The van der Waals surface area contributed by atoms with Crippen molar-refractivity contribution in [3.63, 3.8) is 0 Å². The molecule has 0 bridgehead atoms. The number of aromatic nitrogens is 2. The molecule has 0 radical (unpaired) electrons. The molecule has 1 aromatic carbocycles. The lowest BCUT2D eigenvalue weighted by molar-refractivity contribution is -0.384. The zero-order valence-corrected chi connectivity index (χ0v) is 17.2. The van der Waals surface area contributed by atoms with Gasteiger partial charge < -0.3 is 10.2 Å². The summed E-state index contributed by atoms with van der Waals surface area (Å²) in [5, 5.41) is 18.3. The number of aryl methyl sites for hydroxylation is 1. The van der Waals surface area contributed by atoms with Gasteiger partial charge in [0.15, 0.2) is 5.96 Å². The van der Waals surface area contributed by atoms with E-state index in [0.29, 0.717) is 12.5 Å². The van der Waals surface area contributed by atoms with Gasteiger partial charge in [0.05, 0.1) is 11.1 Å². The van der Waals surface area contributed by atoms with E-state index in [9.17, 15) is 10.1 Å². The molecule has 2 aromatic rings. The van der Waals surface area contributed by atoms with Crippen LogP contribution < -0.4 is 5.32 Å². The number of rotatable bonds is 4. The number of aliphatic imine (C=N–C) groups is 1. The first-order valence-electron chi connectivity index (χ1n) is 8.24. The second kappa shape index (κ2) is 8.97. The van der Waals surface area contributed by atoms with Gasteiger partial charge in [-0.2, -0.15) is 5.10 Å². The maximum absolute atomic E-state index is 10.7. The Labute approximate surface area is 169 Å². The van der Waals surface area contributed by atoms with E-state index in [0.717, 1.165) is 31.0 Å². The molecule has 1 aliphatic rings. The van der Waals surface area contributed by atoms with Gasteiger partial charge in [-0.05, 0) is 17.5 Å². The van der Waals surface area contributed by atoms with Gasteiger partial charge in [-0.3, -0.25) is 19.8 Å². The predicted octanol–water partition coefficient (Wildman–Crippen LogP) is 2.51. The molecule has 3 rings (SSSR count). The molecule has 26 heavy (non-hydrogen) atoms. The minimum absolute atomic E-state index is 0. The molecule has 9 heteroatoms. The van der Waals surface area contributed by atoms with E-state index < -0.39 is 0 Å². The third kappa shape index (κ3) is 4.71. The zero-order chi connectivity index (χ0) is 17.8. The number of non-ortho nitro benzene ring substituents is 1. The number of nitrogens with one attached hydrogen (secondary N) is 1. The van der Waals surface area contributed by atoms with Gasteiger partial charge in [0.2, 0.25) is 0 Å². The van der Waals surface area contributed by atoms with Crippen molar-refractivity contribution < 1.29 is 4.92 Å². The van der Waals surface area contributed by atoms with E-state index in [1.807, 2.05) is 17.9 Å². The highest BCUT2D eigenvalue weighted by molar-refractivity contribution is 14.0. The summed E-state index contributed by atoms with van der Waals surface area (Å²) in [7, 11) is 3.70. The highest BCUT2D eigenvalue weighted by atomic mass is 127. The number of guanidine groups is 1. The number of hydrogen-bond acceptors (Lipinski definition) is 4. The largest absolute Gasteiger partial charge is 0.352 e. The summed E-state index contributed by atoms with van der Waals surface area (Å²) in [6.45, 7) is 2.43. The summed E-state index contributed by atoms with van der Waals surface area (Å²) in [5.41, 5.74) is 2.34. The van der Waals surface area contributed by atoms with Crippen LogP contribution in [0.15, 0.2) is 41.7 Å². The molecule has 1 saturated heterocycles. The summed E-state index contributed by atoms with van der Waals surface area (Å²) in [5.74, 6) is 1.32. The van der Waals surface area contributed by atoms with Gasteiger partial charge in [0.1, 0.15) is 0 Å². The van der Waals surface area contributed by atoms with E-state index in [1.54, 1.807) is 19.2 Å². The van der Waals surface area contributed by atoms with Crippen molar-refractivity contribution >= 4 is 35.6 Å². The van der Waals surface area contributed by atoms with E-state index in [4.69, 9.17) is 0 Å². The minimum Gasteiger partial charge on any atom is -0.352 e. The summed E-state index contributed by atoms with van der Waals surface area (Å²) >= 11 is 0. The highest BCUT2D eigenvalue weighted by Crippen LogP contribution is 2.26. The molecule has 8 nitrogen and oxygen atoms in total. The van der Waals surface area contributed by atoms with Crippen LogP contribution in [0.5, 0.6) is 0 Å². The van der Waals surface area contributed by atoms with Crippen molar-refractivity contribution in [2.75, 3.05) is 20.1 Å². The summed E-state index contributed by atoms with van der Waals surface area (Å²) < 4.78 is 1.83. The van der Waals surface area contributed by atoms with Crippen LogP contribution in [-0.2, 0) is 13.6 Å². The van der Waals surface area contributed by atoms with E-state index >= 15 is 0 Å². The number of halogens is 1. The van der Waals surface area contributed by atoms with Crippen molar-refractivity contribution in [2.45, 2.75) is 18.9 Å². The third-order valence-corrected chi connectivity index (χ3v) is 4.49. The maximum Gasteiger partial charge on any atom is 0.269 e. The molecule has 0 spiro atoms. The van der Waals surface area contributed by atoms with Crippen LogP contribution in [0.25, 0.3) is 0 Å². The van der Waals surface area contributed by atoms with Crippen LogP contribution in [0, 0.1) is 10.1 Å². The van der Waals surface area contributed by atoms with Crippen LogP contribution in [0.1, 0.15) is 23.5 Å². The van der Waals surface area contributed by atoms with Gasteiger partial charge in [-0.15, -0.1) is 24.0 Å². The van der Waals surface area contributed by atoms with E-state index in [1.165, 1.54) is 17.7 Å². The summed E-state index contributed by atoms with van der Waals surface area (Å²) in [4.78, 5) is 16.9. The number of hydrogen-bond donors (Lipinski definition) is 1. The maximum atomic E-state index is 10.7. The van der Waals surface area contributed by atoms with Crippen LogP contribution >= 0.6 is 24.0 Å². The molecule has 1 N–H and O–H groups in total. The molecule has 1 atom stereocenters. The molecule has 0 saturated carbocycles. The number of likely N-dealkylation sites (tertiary alicyclic amines) is 1. The first kappa shape index (κ1) is 20.1. The van der Waals surface area contributed by atoms with Crippen molar-refractivity contribution in [1.82, 2.24) is 20.0 Å². The smallest absolute Gasteiger partial charge is 0.269 e. The Morgan fingerprint density at radius 1 is 1.42 bits per heavy atom. The molecule has 0 aliphatic carbocycles. The van der Waals surface area contributed by atoms with Crippen molar-refractivity contribution in [1.29, 1.82) is 0 Å². The average Bonchev–Trinajstić information content (AvgIpc) is 3.25. The Balaban J connectivity index is 0.00000243. The van der Waals surface area contributed by atoms with Crippen LogP contribution in [0.2, 0.25) is 0 Å². The fraction of sp³-hybridized carbons (Fsp3) is 0.412. The fourth-order valence-corrected chi connectivity index (χ4v) is 3.12. The number of nitro groups is 1. The second-order valence-corrected chi connectivity index (χ2v) is 6.20. The Hall–Kier alpha value is -2.17.